The van der Waals surface area contributed by atoms with Gasteiger partial charge in [0.2, 0.25) is 5.91 Å². The molecular formula is C22H22F3N3O5. The van der Waals surface area contributed by atoms with Crippen LogP contribution in [0.5, 0.6) is 5.75 Å². The van der Waals surface area contributed by atoms with Crippen LogP contribution >= 0.6 is 0 Å². The van der Waals surface area contributed by atoms with E-state index < -0.39 is 59.4 Å². The maximum atomic E-state index is 14.8. The molecule has 0 saturated carbocycles. The second-order valence-corrected chi connectivity index (χ2v) is 7.22. The number of esters is 1. The van der Waals surface area contributed by atoms with E-state index in [0.29, 0.717) is 0 Å². The van der Waals surface area contributed by atoms with Crippen LogP contribution in [0.2, 0.25) is 0 Å². The van der Waals surface area contributed by atoms with Crippen LogP contribution < -0.4 is 15.4 Å². The summed E-state index contributed by atoms with van der Waals surface area (Å²) in [6.45, 7) is 1.01. The van der Waals surface area contributed by atoms with Crippen LogP contribution in [0.1, 0.15) is 18.4 Å². The molecule has 0 spiro atoms. The van der Waals surface area contributed by atoms with Crippen molar-refractivity contribution in [1.29, 1.82) is 0 Å². The molecule has 1 saturated heterocycles. The van der Waals surface area contributed by atoms with Gasteiger partial charge in [0.1, 0.15) is 35.8 Å². The number of urea groups is 1. The number of likely N-dealkylation sites (tertiary alicyclic amines) is 1. The molecule has 2 aromatic rings. The first-order chi connectivity index (χ1) is 15.7. The molecule has 1 aliphatic rings. The Morgan fingerprint density at radius 2 is 1.76 bits per heavy atom. The van der Waals surface area contributed by atoms with Crippen LogP contribution in [-0.4, -0.2) is 55.7 Å². The van der Waals surface area contributed by atoms with Crippen LogP contribution in [0.15, 0.2) is 36.4 Å². The van der Waals surface area contributed by atoms with Crippen molar-refractivity contribution in [3.8, 4) is 5.75 Å². The van der Waals surface area contributed by atoms with Gasteiger partial charge in [0.15, 0.2) is 0 Å². The summed E-state index contributed by atoms with van der Waals surface area (Å²) < 4.78 is 52.3. The monoisotopic (exact) mass is 465 g/mol. The van der Waals surface area contributed by atoms with Gasteiger partial charge in [-0.25, -0.2) is 18.0 Å². The Hall–Kier alpha value is -3.76. The number of rotatable bonds is 7. The molecular weight excluding hydrogens is 443 g/mol. The van der Waals surface area contributed by atoms with E-state index in [1.807, 2.05) is 0 Å². The Balaban J connectivity index is 1.87. The molecule has 1 unspecified atom stereocenters. The van der Waals surface area contributed by atoms with E-state index in [9.17, 15) is 27.6 Å². The van der Waals surface area contributed by atoms with Crippen LogP contribution in [-0.2, 0) is 14.3 Å². The highest BCUT2D eigenvalue weighted by atomic mass is 19.1. The molecule has 0 bridgehead atoms. The Kier molecular flexibility index (Phi) is 7.41. The van der Waals surface area contributed by atoms with E-state index in [1.165, 1.54) is 19.2 Å². The summed E-state index contributed by atoms with van der Waals surface area (Å²) >= 11 is 0. The lowest BCUT2D eigenvalue weighted by molar-refractivity contribution is -0.147. The second-order valence-electron chi connectivity index (χ2n) is 7.22. The quantitative estimate of drug-likeness (QED) is 0.613. The van der Waals surface area contributed by atoms with E-state index in [2.05, 4.69) is 10.6 Å². The molecule has 1 aliphatic heterocycles. The van der Waals surface area contributed by atoms with E-state index in [4.69, 9.17) is 9.47 Å². The van der Waals surface area contributed by atoms with Gasteiger partial charge in [0.05, 0.1) is 13.7 Å². The van der Waals surface area contributed by atoms with Crippen molar-refractivity contribution in [2.75, 3.05) is 32.1 Å². The van der Waals surface area contributed by atoms with Gasteiger partial charge in [-0.15, -0.1) is 0 Å². The molecule has 33 heavy (non-hydrogen) atoms. The van der Waals surface area contributed by atoms with Crippen molar-refractivity contribution in [2.24, 2.45) is 0 Å². The van der Waals surface area contributed by atoms with Crippen molar-refractivity contribution < 1.29 is 37.0 Å². The third-order valence-corrected chi connectivity index (χ3v) is 5.07. The first kappa shape index (κ1) is 23.9. The zero-order chi connectivity index (χ0) is 24.1. The molecule has 1 heterocycles. The highest BCUT2D eigenvalue weighted by molar-refractivity contribution is 5.96. The molecule has 1 fully saturated rings. The Morgan fingerprint density at radius 3 is 2.33 bits per heavy atom. The maximum absolute atomic E-state index is 14.8. The third-order valence-electron chi connectivity index (χ3n) is 5.07. The number of hydrogen-bond acceptors (Lipinski definition) is 5. The number of carbonyl (C=O) groups is 3. The Bertz CT molecular complexity index is 1030. The Labute approximate surface area is 187 Å². The molecule has 176 valence electrons. The first-order valence-electron chi connectivity index (χ1n) is 10.0. The molecule has 11 heteroatoms. The largest absolute Gasteiger partial charge is 0.497 e. The summed E-state index contributed by atoms with van der Waals surface area (Å²) in [6.07, 6.45) is 0. The summed E-state index contributed by atoms with van der Waals surface area (Å²) in [5, 5.41) is 4.83. The standard InChI is InChI=1S/C22H22F3N3O5/c1-3-33-18(29)11-28-10-15(19-16(24)8-14(32-2)9-17(19)25)20(21(28)30)27-22(31)26-13-6-4-12(23)5-7-13/h4-9,15,20H,3,10-11H2,1-2H3,(H2,26,27,31)/t15-,20?/m0/s1. The molecule has 2 atom stereocenters. The van der Waals surface area contributed by atoms with Gasteiger partial charge in [0, 0.05) is 35.8 Å². The summed E-state index contributed by atoms with van der Waals surface area (Å²) in [5.41, 5.74) is -0.191. The van der Waals surface area contributed by atoms with E-state index in [0.717, 1.165) is 29.2 Å². The topological polar surface area (TPSA) is 97.0 Å². The van der Waals surface area contributed by atoms with E-state index in [-0.39, 0.29) is 24.6 Å². The van der Waals surface area contributed by atoms with Crippen molar-refractivity contribution >= 4 is 23.6 Å². The smallest absolute Gasteiger partial charge is 0.325 e. The highest BCUT2D eigenvalue weighted by Crippen LogP contribution is 2.34. The number of nitrogens with one attached hydrogen (secondary N) is 2. The average Bonchev–Trinajstić information content (AvgIpc) is 3.04. The normalized spacial score (nSPS) is 17.6. The number of nitrogens with zero attached hydrogens (tertiary/aromatic N) is 1. The lowest BCUT2D eigenvalue weighted by atomic mass is 9.93. The van der Waals surface area contributed by atoms with Crippen molar-refractivity contribution in [1.82, 2.24) is 10.2 Å². The van der Waals surface area contributed by atoms with Gasteiger partial charge in [-0.3, -0.25) is 9.59 Å². The van der Waals surface area contributed by atoms with Gasteiger partial charge < -0.3 is 25.0 Å². The molecule has 0 radical (unpaired) electrons. The van der Waals surface area contributed by atoms with Crippen molar-refractivity contribution in [3.05, 3.63) is 59.4 Å². The Morgan fingerprint density at radius 1 is 1.12 bits per heavy atom. The third kappa shape index (κ3) is 5.54. The van der Waals surface area contributed by atoms with E-state index >= 15 is 0 Å². The summed E-state index contributed by atoms with van der Waals surface area (Å²) in [5.74, 6) is -5.04. The fourth-order valence-electron chi connectivity index (χ4n) is 3.60. The predicted molar refractivity (Wildman–Crippen MR) is 111 cm³/mol. The number of anilines is 1. The molecule has 2 N–H and O–H groups in total. The number of carbonyl (C=O) groups excluding carboxylic acids is 3. The molecule has 8 nitrogen and oxygen atoms in total. The lowest BCUT2D eigenvalue weighted by Gasteiger charge is -2.20. The lowest BCUT2D eigenvalue weighted by Crippen LogP contribution is -2.46. The van der Waals surface area contributed by atoms with Gasteiger partial charge in [-0.2, -0.15) is 0 Å². The fraction of sp³-hybridized carbons (Fsp3) is 0.318. The minimum absolute atomic E-state index is 0.0555. The van der Waals surface area contributed by atoms with Crippen LogP contribution in [0.25, 0.3) is 0 Å². The number of hydrogen-bond donors (Lipinski definition) is 2. The number of ether oxygens (including phenoxy) is 2. The van der Waals surface area contributed by atoms with E-state index in [1.54, 1.807) is 6.92 Å². The van der Waals surface area contributed by atoms with Crippen LogP contribution in [0, 0.1) is 17.5 Å². The van der Waals surface area contributed by atoms with Gasteiger partial charge in [-0.1, -0.05) is 0 Å². The van der Waals surface area contributed by atoms with Gasteiger partial charge >= 0.3 is 12.0 Å². The van der Waals surface area contributed by atoms with Crippen molar-refractivity contribution in [3.63, 3.8) is 0 Å². The summed E-state index contributed by atoms with van der Waals surface area (Å²) in [7, 11) is 1.25. The second kappa shape index (κ2) is 10.2. The van der Waals surface area contributed by atoms with Crippen LogP contribution in [0.4, 0.5) is 23.7 Å². The maximum Gasteiger partial charge on any atom is 0.325 e. The molecule has 3 rings (SSSR count). The summed E-state index contributed by atoms with van der Waals surface area (Å²) in [6, 6.07) is 4.57. The van der Waals surface area contributed by atoms with Gasteiger partial charge in [-0.05, 0) is 31.2 Å². The zero-order valence-corrected chi connectivity index (χ0v) is 17.9. The predicted octanol–water partition coefficient (Wildman–Crippen LogP) is 2.79. The number of benzene rings is 2. The average molecular weight is 465 g/mol. The van der Waals surface area contributed by atoms with Crippen molar-refractivity contribution in [2.45, 2.75) is 18.9 Å². The molecule has 2 aromatic carbocycles. The van der Waals surface area contributed by atoms with Gasteiger partial charge in [0.25, 0.3) is 0 Å². The summed E-state index contributed by atoms with van der Waals surface area (Å²) in [4.78, 5) is 38.4. The number of amides is 3. The number of methoxy groups -OCH3 is 1. The first-order valence-corrected chi connectivity index (χ1v) is 10.0. The molecule has 3 amide bonds. The molecule has 0 aliphatic carbocycles. The highest BCUT2D eigenvalue weighted by Gasteiger charge is 2.45. The minimum atomic E-state index is -1.38. The number of halogens is 3. The fourth-order valence-corrected chi connectivity index (χ4v) is 3.60. The minimum Gasteiger partial charge on any atom is -0.497 e. The SMILES string of the molecule is CCOC(=O)CN1C[C@@H](c2c(F)cc(OC)cc2F)C(NC(=O)Nc2ccc(F)cc2)C1=O. The molecule has 0 aromatic heterocycles. The van der Waals surface area contributed by atoms with Crippen LogP contribution in [0.3, 0.4) is 0 Å². The zero-order valence-electron chi connectivity index (χ0n) is 17.9.